The molecule has 0 aliphatic carbocycles. The molecule has 0 radical (unpaired) electrons. The van der Waals surface area contributed by atoms with E-state index in [2.05, 4.69) is 24.1 Å². The van der Waals surface area contributed by atoms with Gasteiger partial charge in [-0.2, -0.15) is 0 Å². The molecule has 14 heavy (non-hydrogen) atoms. The van der Waals surface area contributed by atoms with Crippen LogP contribution in [0.15, 0.2) is 36.7 Å². The van der Waals surface area contributed by atoms with Crippen molar-refractivity contribution in [3.8, 4) is 0 Å². The van der Waals surface area contributed by atoms with Gasteiger partial charge in [0.1, 0.15) is 0 Å². The molecule has 1 atom stereocenters. The summed E-state index contributed by atoms with van der Waals surface area (Å²) < 4.78 is 0. The number of nitrogens with zero attached hydrogens (tertiary/aromatic N) is 1. The molecule has 0 saturated heterocycles. The molecule has 2 heteroatoms. The van der Waals surface area contributed by atoms with Crippen molar-refractivity contribution < 1.29 is 0 Å². The second-order valence-corrected chi connectivity index (χ2v) is 3.35. The molecule has 0 bridgehead atoms. The number of hydrogen-bond acceptors (Lipinski definition) is 2. The molecule has 0 amide bonds. The van der Waals surface area contributed by atoms with E-state index in [0.29, 0.717) is 0 Å². The quantitative estimate of drug-likeness (QED) is 0.725. The molecule has 0 aromatic carbocycles. The lowest BCUT2D eigenvalue weighted by Gasteiger charge is -2.09. The maximum absolute atomic E-state index is 6.00. The Labute approximate surface area is 85.9 Å². The molecule has 76 valence electrons. The number of allylic oxidation sites excluding steroid dienone is 2. The highest BCUT2D eigenvalue weighted by Gasteiger charge is 2.03. The normalized spacial score (nSPS) is 13.3. The van der Waals surface area contributed by atoms with Crippen LogP contribution < -0.4 is 5.73 Å². The summed E-state index contributed by atoms with van der Waals surface area (Å²) in [4.78, 5) is 4.05. The SMILES string of the molecule is CC/C=C\CCC(N)c1cccnc1. The van der Waals surface area contributed by atoms with Crippen molar-refractivity contribution in [2.24, 2.45) is 5.73 Å². The fourth-order valence-corrected chi connectivity index (χ4v) is 1.32. The zero-order valence-electron chi connectivity index (χ0n) is 8.69. The summed E-state index contributed by atoms with van der Waals surface area (Å²) in [5, 5.41) is 0. The maximum atomic E-state index is 6.00. The van der Waals surface area contributed by atoms with E-state index >= 15 is 0 Å². The minimum atomic E-state index is 0.116. The summed E-state index contributed by atoms with van der Waals surface area (Å²) in [5.41, 5.74) is 7.13. The van der Waals surface area contributed by atoms with E-state index in [9.17, 15) is 0 Å². The third kappa shape index (κ3) is 3.71. The van der Waals surface area contributed by atoms with Crippen molar-refractivity contribution >= 4 is 0 Å². The highest BCUT2D eigenvalue weighted by atomic mass is 14.7. The summed E-state index contributed by atoms with van der Waals surface area (Å²) >= 11 is 0. The molecule has 0 fully saturated rings. The average molecular weight is 190 g/mol. The van der Waals surface area contributed by atoms with Gasteiger partial charge < -0.3 is 5.73 Å². The Morgan fingerprint density at radius 3 is 3.00 bits per heavy atom. The number of nitrogens with two attached hydrogens (primary N) is 1. The Balaban J connectivity index is 2.36. The van der Waals surface area contributed by atoms with Crippen LogP contribution in [0.1, 0.15) is 37.8 Å². The predicted molar refractivity (Wildman–Crippen MR) is 59.8 cm³/mol. The Bertz CT molecular complexity index is 267. The van der Waals surface area contributed by atoms with Gasteiger partial charge >= 0.3 is 0 Å². The van der Waals surface area contributed by atoms with Crippen LogP contribution in [0.2, 0.25) is 0 Å². The Kier molecular flexibility index (Phi) is 4.94. The number of hydrogen-bond donors (Lipinski definition) is 1. The summed E-state index contributed by atoms with van der Waals surface area (Å²) in [6.45, 7) is 2.14. The molecular formula is C12H18N2. The second-order valence-electron chi connectivity index (χ2n) is 3.35. The van der Waals surface area contributed by atoms with E-state index in [0.717, 1.165) is 24.8 Å². The lowest BCUT2D eigenvalue weighted by Crippen LogP contribution is -2.09. The van der Waals surface area contributed by atoms with Crippen LogP contribution in [-0.4, -0.2) is 4.98 Å². The topological polar surface area (TPSA) is 38.9 Å². The van der Waals surface area contributed by atoms with Gasteiger partial charge in [0.25, 0.3) is 0 Å². The molecule has 1 rings (SSSR count). The first-order valence-electron chi connectivity index (χ1n) is 5.15. The third-order valence-electron chi connectivity index (χ3n) is 2.16. The number of rotatable bonds is 5. The average Bonchev–Trinajstić information content (AvgIpc) is 2.25. The lowest BCUT2D eigenvalue weighted by atomic mass is 10.0. The van der Waals surface area contributed by atoms with E-state index in [4.69, 9.17) is 5.73 Å². The highest BCUT2D eigenvalue weighted by Crippen LogP contribution is 2.14. The zero-order chi connectivity index (χ0) is 10.2. The van der Waals surface area contributed by atoms with Crippen molar-refractivity contribution in [2.75, 3.05) is 0 Å². The van der Waals surface area contributed by atoms with Crippen LogP contribution in [0.4, 0.5) is 0 Å². The number of aromatic nitrogens is 1. The van der Waals surface area contributed by atoms with Gasteiger partial charge in [0.05, 0.1) is 0 Å². The molecule has 2 N–H and O–H groups in total. The first-order valence-corrected chi connectivity index (χ1v) is 5.15. The molecule has 0 aliphatic heterocycles. The van der Waals surface area contributed by atoms with Crippen LogP contribution in [0.5, 0.6) is 0 Å². The van der Waals surface area contributed by atoms with Crippen LogP contribution >= 0.6 is 0 Å². The van der Waals surface area contributed by atoms with E-state index in [1.807, 2.05) is 18.3 Å². The van der Waals surface area contributed by atoms with Crippen LogP contribution in [0.25, 0.3) is 0 Å². The fraction of sp³-hybridized carbons (Fsp3) is 0.417. The van der Waals surface area contributed by atoms with E-state index in [1.165, 1.54) is 0 Å². The molecule has 1 aromatic heterocycles. The first kappa shape index (κ1) is 10.9. The van der Waals surface area contributed by atoms with Gasteiger partial charge in [0.2, 0.25) is 0 Å². The Morgan fingerprint density at radius 1 is 1.50 bits per heavy atom. The van der Waals surface area contributed by atoms with Gasteiger partial charge in [-0.3, -0.25) is 4.98 Å². The van der Waals surface area contributed by atoms with Crippen molar-refractivity contribution in [1.82, 2.24) is 4.98 Å². The van der Waals surface area contributed by atoms with Gasteiger partial charge in [-0.05, 0) is 30.9 Å². The third-order valence-corrected chi connectivity index (χ3v) is 2.16. The molecule has 1 unspecified atom stereocenters. The van der Waals surface area contributed by atoms with Gasteiger partial charge in [-0.1, -0.05) is 25.1 Å². The van der Waals surface area contributed by atoms with Gasteiger partial charge in [-0.15, -0.1) is 0 Å². The Morgan fingerprint density at radius 2 is 2.36 bits per heavy atom. The maximum Gasteiger partial charge on any atom is 0.0315 e. The number of pyridine rings is 1. The molecule has 0 aliphatic rings. The first-order chi connectivity index (χ1) is 6.84. The molecule has 0 saturated carbocycles. The second kappa shape index (κ2) is 6.33. The van der Waals surface area contributed by atoms with Crippen LogP contribution in [0, 0.1) is 0 Å². The van der Waals surface area contributed by atoms with Gasteiger partial charge in [0.15, 0.2) is 0 Å². The zero-order valence-corrected chi connectivity index (χ0v) is 8.69. The highest BCUT2D eigenvalue weighted by molar-refractivity contribution is 5.13. The summed E-state index contributed by atoms with van der Waals surface area (Å²) in [5.74, 6) is 0. The van der Waals surface area contributed by atoms with Crippen molar-refractivity contribution in [3.63, 3.8) is 0 Å². The lowest BCUT2D eigenvalue weighted by molar-refractivity contribution is 0.657. The largest absolute Gasteiger partial charge is 0.324 e. The van der Waals surface area contributed by atoms with E-state index < -0.39 is 0 Å². The molecule has 1 aromatic rings. The molecular weight excluding hydrogens is 172 g/mol. The van der Waals surface area contributed by atoms with Crippen LogP contribution in [0.3, 0.4) is 0 Å². The summed E-state index contributed by atoms with van der Waals surface area (Å²) in [6.07, 6.45) is 11.1. The summed E-state index contributed by atoms with van der Waals surface area (Å²) in [6, 6.07) is 4.07. The minimum Gasteiger partial charge on any atom is -0.324 e. The summed E-state index contributed by atoms with van der Waals surface area (Å²) in [7, 11) is 0. The molecule has 1 heterocycles. The predicted octanol–water partition coefficient (Wildman–Crippen LogP) is 2.83. The molecule has 2 nitrogen and oxygen atoms in total. The fourth-order valence-electron chi connectivity index (χ4n) is 1.32. The monoisotopic (exact) mass is 190 g/mol. The van der Waals surface area contributed by atoms with Gasteiger partial charge in [0, 0.05) is 18.4 Å². The smallest absolute Gasteiger partial charge is 0.0315 e. The van der Waals surface area contributed by atoms with Crippen molar-refractivity contribution in [1.29, 1.82) is 0 Å². The van der Waals surface area contributed by atoms with Crippen molar-refractivity contribution in [2.45, 2.75) is 32.2 Å². The van der Waals surface area contributed by atoms with Gasteiger partial charge in [-0.25, -0.2) is 0 Å². The van der Waals surface area contributed by atoms with Crippen molar-refractivity contribution in [3.05, 3.63) is 42.2 Å². The Hall–Kier alpha value is -1.15. The van der Waals surface area contributed by atoms with E-state index in [1.54, 1.807) is 6.20 Å². The van der Waals surface area contributed by atoms with Crippen LogP contribution in [-0.2, 0) is 0 Å². The standard InChI is InChI=1S/C12H18N2/c1-2-3-4-5-8-12(13)11-7-6-9-14-10-11/h3-4,6-7,9-10,12H,2,5,8,13H2,1H3/b4-3-. The minimum absolute atomic E-state index is 0.116. The molecule has 0 spiro atoms. The van der Waals surface area contributed by atoms with E-state index in [-0.39, 0.29) is 6.04 Å².